The molecule has 0 atom stereocenters. The van der Waals surface area contributed by atoms with E-state index in [1.165, 1.54) is 0 Å². The van der Waals surface area contributed by atoms with Crippen LogP contribution < -0.4 is 15.2 Å². The third-order valence-electron chi connectivity index (χ3n) is 2.83. The zero-order valence-corrected chi connectivity index (χ0v) is 12.1. The Kier molecular flexibility index (Phi) is 4.45. The number of ether oxygens (including phenoxy) is 2. The molecule has 0 fully saturated rings. The van der Waals surface area contributed by atoms with E-state index in [1.807, 2.05) is 24.3 Å². The number of hydrogen-bond acceptors (Lipinski definition) is 4. The minimum atomic E-state index is 0.485. The maximum absolute atomic E-state index is 5.91. The second-order valence-electron chi connectivity index (χ2n) is 5.01. The highest BCUT2D eigenvalue weighted by Gasteiger charge is 2.11. The first-order chi connectivity index (χ1) is 9.61. The second-order valence-corrected chi connectivity index (χ2v) is 5.01. The van der Waals surface area contributed by atoms with Crippen molar-refractivity contribution in [2.24, 2.45) is 5.92 Å². The predicted octanol–water partition coefficient (Wildman–Crippen LogP) is 3.37. The van der Waals surface area contributed by atoms with E-state index in [1.54, 1.807) is 19.4 Å². The molecule has 4 nitrogen and oxygen atoms in total. The lowest BCUT2D eigenvalue weighted by atomic mass is 10.1. The highest BCUT2D eigenvalue weighted by atomic mass is 16.5. The summed E-state index contributed by atoms with van der Waals surface area (Å²) in [5.74, 6) is 1.90. The molecule has 2 rings (SSSR count). The van der Waals surface area contributed by atoms with Crippen molar-refractivity contribution in [1.82, 2.24) is 4.98 Å². The van der Waals surface area contributed by atoms with Crippen LogP contribution in [0.5, 0.6) is 11.5 Å². The Hall–Kier alpha value is -2.23. The summed E-state index contributed by atoms with van der Waals surface area (Å²) in [4.78, 5) is 4.36. The average Bonchev–Trinajstić information content (AvgIpc) is 2.45. The third-order valence-corrected chi connectivity index (χ3v) is 2.83. The molecule has 106 valence electrons. The van der Waals surface area contributed by atoms with E-state index < -0.39 is 0 Å². The molecule has 1 aromatic carbocycles. The summed E-state index contributed by atoms with van der Waals surface area (Å²) in [5, 5.41) is 0. The van der Waals surface area contributed by atoms with Crippen LogP contribution in [0.2, 0.25) is 0 Å². The number of hydrogen-bond donors (Lipinski definition) is 1. The SMILES string of the molecule is COc1c(N)ccnc1-c1cccc(OCC(C)C)c1. The Morgan fingerprint density at radius 3 is 2.75 bits per heavy atom. The lowest BCUT2D eigenvalue weighted by Gasteiger charge is -2.12. The highest BCUT2D eigenvalue weighted by molar-refractivity contribution is 5.74. The predicted molar refractivity (Wildman–Crippen MR) is 81.0 cm³/mol. The highest BCUT2D eigenvalue weighted by Crippen LogP contribution is 2.33. The molecule has 0 aliphatic heterocycles. The lowest BCUT2D eigenvalue weighted by molar-refractivity contribution is 0.271. The molecule has 2 aromatic rings. The van der Waals surface area contributed by atoms with Crippen molar-refractivity contribution < 1.29 is 9.47 Å². The van der Waals surface area contributed by atoms with Gasteiger partial charge >= 0.3 is 0 Å². The van der Waals surface area contributed by atoms with E-state index in [0.717, 1.165) is 17.0 Å². The van der Waals surface area contributed by atoms with Crippen molar-refractivity contribution in [2.45, 2.75) is 13.8 Å². The molecule has 0 bridgehead atoms. The normalized spacial score (nSPS) is 10.6. The fraction of sp³-hybridized carbons (Fsp3) is 0.312. The molecule has 0 unspecified atom stereocenters. The zero-order chi connectivity index (χ0) is 14.5. The number of nitrogens with zero attached hydrogens (tertiary/aromatic N) is 1. The van der Waals surface area contributed by atoms with Crippen LogP contribution in [0.1, 0.15) is 13.8 Å². The summed E-state index contributed by atoms with van der Waals surface area (Å²) in [6.07, 6.45) is 1.68. The maximum Gasteiger partial charge on any atom is 0.167 e. The first-order valence-electron chi connectivity index (χ1n) is 6.63. The molecule has 0 spiro atoms. The van der Waals surface area contributed by atoms with Crippen LogP contribution in [-0.4, -0.2) is 18.7 Å². The number of nitrogens with two attached hydrogens (primary N) is 1. The summed E-state index contributed by atoms with van der Waals surface area (Å²) < 4.78 is 11.1. The Morgan fingerprint density at radius 2 is 2.05 bits per heavy atom. The van der Waals surface area contributed by atoms with Crippen molar-refractivity contribution in [3.8, 4) is 22.8 Å². The van der Waals surface area contributed by atoms with Gasteiger partial charge in [0.1, 0.15) is 11.4 Å². The molecule has 1 heterocycles. The molecule has 0 aliphatic carbocycles. The van der Waals surface area contributed by atoms with Crippen LogP contribution in [0.25, 0.3) is 11.3 Å². The molecule has 0 radical (unpaired) electrons. The van der Waals surface area contributed by atoms with E-state index in [-0.39, 0.29) is 0 Å². The fourth-order valence-corrected chi connectivity index (χ4v) is 1.88. The van der Waals surface area contributed by atoms with E-state index in [9.17, 15) is 0 Å². The molecule has 0 amide bonds. The van der Waals surface area contributed by atoms with Crippen molar-refractivity contribution in [3.05, 3.63) is 36.5 Å². The molecular weight excluding hydrogens is 252 g/mol. The van der Waals surface area contributed by atoms with Crippen LogP contribution >= 0.6 is 0 Å². The summed E-state index contributed by atoms with van der Waals surface area (Å²) in [6.45, 7) is 4.92. The van der Waals surface area contributed by atoms with Crippen LogP contribution in [0.3, 0.4) is 0 Å². The zero-order valence-electron chi connectivity index (χ0n) is 12.1. The molecular formula is C16H20N2O2. The largest absolute Gasteiger partial charge is 0.493 e. The topological polar surface area (TPSA) is 57.4 Å². The van der Waals surface area contributed by atoms with Gasteiger partial charge < -0.3 is 15.2 Å². The second kappa shape index (κ2) is 6.28. The smallest absolute Gasteiger partial charge is 0.167 e. The summed E-state index contributed by atoms with van der Waals surface area (Å²) in [5.41, 5.74) is 8.14. The minimum Gasteiger partial charge on any atom is -0.493 e. The van der Waals surface area contributed by atoms with Crippen molar-refractivity contribution >= 4 is 5.69 Å². The quantitative estimate of drug-likeness (QED) is 0.906. The van der Waals surface area contributed by atoms with Gasteiger partial charge in [0.25, 0.3) is 0 Å². The first kappa shape index (κ1) is 14.2. The van der Waals surface area contributed by atoms with Gasteiger partial charge in [-0.05, 0) is 24.1 Å². The standard InChI is InChI=1S/C16H20N2O2/c1-11(2)10-20-13-6-4-5-12(9-13)15-16(19-3)14(17)7-8-18-15/h4-9,11H,10H2,1-3H3,(H2,17,18). The van der Waals surface area contributed by atoms with Gasteiger partial charge in [-0.15, -0.1) is 0 Å². The number of aromatic nitrogens is 1. The van der Waals surface area contributed by atoms with Crippen molar-refractivity contribution in [2.75, 3.05) is 19.5 Å². The molecule has 0 saturated carbocycles. The fourth-order valence-electron chi connectivity index (χ4n) is 1.88. The van der Waals surface area contributed by atoms with Crippen molar-refractivity contribution in [1.29, 1.82) is 0 Å². The summed E-state index contributed by atoms with van der Waals surface area (Å²) in [6, 6.07) is 9.51. The van der Waals surface area contributed by atoms with Gasteiger partial charge in [0, 0.05) is 11.8 Å². The van der Waals surface area contributed by atoms with E-state index in [2.05, 4.69) is 18.8 Å². The first-order valence-corrected chi connectivity index (χ1v) is 6.63. The number of nitrogen functional groups attached to an aromatic ring is 1. The van der Waals surface area contributed by atoms with Gasteiger partial charge in [0.2, 0.25) is 0 Å². The van der Waals surface area contributed by atoms with Gasteiger partial charge in [-0.25, -0.2) is 0 Å². The Morgan fingerprint density at radius 1 is 1.25 bits per heavy atom. The Labute approximate surface area is 119 Å². The number of methoxy groups -OCH3 is 1. The van der Waals surface area contributed by atoms with E-state index >= 15 is 0 Å². The maximum atomic E-state index is 5.91. The van der Waals surface area contributed by atoms with Gasteiger partial charge in [0.15, 0.2) is 5.75 Å². The number of benzene rings is 1. The average molecular weight is 272 g/mol. The molecule has 0 aliphatic rings. The third kappa shape index (κ3) is 3.20. The molecule has 1 aromatic heterocycles. The van der Waals surface area contributed by atoms with Crippen LogP contribution in [0.4, 0.5) is 5.69 Å². The summed E-state index contributed by atoms with van der Waals surface area (Å²) in [7, 11) is 1.59. The van der Waals surface area contributed by atoms with Crippen LogP contribution in [0, 0.1) is 5.92 Å². The monoisotopic (exact) mass is 272 g/mol. The minimum absolute atomic E-state index is 0.485. The van der Waals surface area contributed by atoms with Crippen LogP contribution in [-0.2, 0) is 0 Å². The van der Waals surface area contributed by atoms with E-state index in [4.69, 9.17) is 15.2 Å². The Balaban J connectivity index is 2.34. The molecule has 4 heteroatoms. The molecule has 2 N–H and O–H groups in total. The van der Waals surface area contributed by atoms with Gasteiger partial charge in [-0.1, -0.05) is 26.0 Å². The van der Waals surface area contributed by atoms with Gasteiger partial charge in [-0.3, -0.25) is 4.98 Å². The number of rotatable bonds is 5. The molecule has 0 saturated heterocycles. The van der Waals surface area contributed by atoms with Crippen molar-refractivity contribution in [3.63, 3.8) is 0 Å². The van der Waals surface area contributed by atoms with Gasteiger partial charge in [0.05, 0.1) is 19.4 Å². The lowest BCUT2D eigenvalue weighted by Crippen LogP contribution is -2.04. The molecule has 20 heavy (non-hydrogen) atoms. The van der Waals surface area contributed by atoms with E-state index in [0.29, 0.717) is 24.0 Å². The van der Waals surface area contributed by atoms with Crippen LogP contribution in [0.15, 0.2) is 36.5 Å². The Bertz CT molecular complexity index is 582. The number of anilines is 1. The number of pyridine rings is 1. The van der Waals surface area contributed by atoms with Gasteiger partial charge in [-0.2, -0.15) is 0 Å². The summed E-state index contributed by atoms with van der Waals surface area (Å²) >= 11 is 0.